The molecule has 4 rings (SSSR count). The first kappa shape index (κ1) is 17.5. The summed E-state index contributed by atoms with van der Waals surface area (Å²) in [5, 5.41) is 4.13. The molecule has 2 aliphatic heterocycles. The molecule has 2 aromatic rings. The lowest BCUT2D eigenvalue weighted by Crippen LogP contribution is -2.45. The summed E-state index contributed by atoms with van der Waals surface area (Å²) in [6, 6.07) is 12.1. The zero-order valence-electron chi connectivity index (χ0n) is 14.8. The molecule has 2 aromatic carbocycles. The fraction of sp³-hybridized carbons (Fsp3) is 0.400. The Morgan fingerprint density at radius 2 is 1.92 bits per heavy atom. The minimum absolute atomic E-state index is 0.0480. The highest BCUT2D eigenvalue weighted by atomic mass is 35.5. The van der Waals surface area contributed by atoms with Crippen LogP contribution in [0.5, 0.6) is 17.2 Å². The summed E-state index contributed by atoms with van der Waals surface area (Å²) in [4.78, 5) is 2.46. The molecule has 6 heteroatoms. The van der Waals surface area contributed by atoms with Crippen LogP contribution in [0.2, 0.25) is 5.02 Å². The Labute approximate surface area is 158 Å². The van der Waals surface area contributed by atoms with Gasteiger partial charge in [-0.1, -0.05) is 17.7 Å². The Hall–Kier alpha value is -1.95. The van der Waals surface area contributed by atoms with E-state index < -0.39 is 0 Å². The predicted octanol–water partition coefficient (Wildman–Crippen LogP) is 3.46. The molecule has 1 N–H and O–H groups in total. The van der Waals surface area contributed by atoms with Crippen LogP contribution in [0.3, 0.4) is 0 Å². The first-order valence-electron chi connectivity index (χ1n) is 9.03. The fourth-order valence-corrected chi connectivity index (χ4v) is 3.81. The van der Waals surface area contributed by atoms with Crippen molar-refractivity contribution in [3.05, 3.63) is 52.5 Å². The van der Waals surface area contributed by atoms with Gasteiger partial charge in [0.15, 0.2) is 11.5 Å². The molecule has 1 saturated heterocycles. The molecule has 5 nitrogen and oxygen atoms in total. The highest BCUT2D eigenvalue weighted by Crippen LogP contribution is 2.41. The summed E-state index contributed by atoms with van der Waals surface area (Å²) < 4.78 is 17.0. The van der Waals surface area contributed by atoms with Crippen molar-refractivity contribution in [2.75, 3.05) is 39.6 Å². The number of ether oxygens (including phenoxy) is 3. The van der Waals surface area contributed by atoms with Crippen molar-refractivity contribution >= 4 is 11.6 Å². The smallest absolute Gasteiger partial charge is 0.231 e. The summed E-state index contributed by atoms with van der Waals surface area (Å²) in [7, 11) is 0. The first-order valence-corrected chi connectivity index (χ1v) is 9.40. The molecule has 0 amide bonds. The van der Waals surface area contributed by atoms with Crippen molar-refractivity contribution in [1.29, 1.82) is 0 Å². The van der Waals surface area contributed by atoms with Gasteiger partial charge in [0, 0.05) is 36.8 Å². The van der Waals surface area contributed by atoms with Gasteiger partial charge in [-0.25, -0.2) is 0 Å². The van der Waals surface area contributed by atoms with E-state index in [9.17, 15) is 0 Å². The normalized spacial score (nSPS) is 17.9. The summed E-state index contributed by atoms with van der Waals surface area (Å²) in [6.45, 7) is 6.73. The van der Waals surface area contributed by atoms with Crippen molar-refractivity contribution < 1.29 is 14.2 Å². The molecule has 138 valence electrons. The Bertz CT molecular complexity index is 778. The van der Waals surface area contributed by atoms with Crippen molar-refractivity contribution in [3.63, 3.8) is 0 Å². The fourth-order valence-electron chi connectivity index (χ4n) is 3.63. The Balaban J connectivity index is 1.80. The summed E-state index contributed by atoms with van der Waals surface area (Å²) in [5.74, 6) is 2.46. The largest absolute Gasteiger partial charge is 0.494 e. The molecule has 0 aliphatic carbocycles. The SMILES string of the molecule is CCOc1ccc(Cl)cc1C(c1ccc2c(c1)OCO2)N1CCNCC1. The van der Waals surface area contributed by atoms with Crippen LogP contribution in [0, 0.1) is 0 Å². The van der Waals surface area contributed by atoms with E-state index in [1.54, 1.807) is 0 Å². The van der Waals surface area contributed by atoms with Gasteiger partial charge in [-0.05, 0) is 42.8 Å². The van der Waals surface area contributed by atoms with Crippen LogP contribution < -0.4 is 19.5 Å². The first-order chi connectivity index (χ1) is 12.8. The second kappa shape index (κ2) is 7.74. The number of fused-ring (bicyclic) bond motifs is 1. The van der Waals surface area contributed by atoms with Crippen LogP contribution in [0.1, 0.15) is 24.1 Å². The summed E-state index contributed by atoms with van der Waals surface area (Å²) in [6.07, 6.45) is 0. The van der Waals surface area contributed by atoms with Gasteiger partial charge >= 0.3 is 0 Å². The van der Waals surface area contributed by atoms with E-state index >= 15 is 0 Å². The van der Waals surface area contributed by atoms with Crippen LogP contribution in [0.25, 0.3) is 0 Å². The van der Waals surface area contributed by atoms with E-state index in [-0.39, 0.29) is 12.8 Å². The average Bonchev–Trinajstić information content (AvgIpc) is 3.13. The van der Waals surface area contributed by atoms with E-state index in [0.717, 1.165) is 54.6 Å². The van der Waals surface area contributed by atoms with Gasteiger partial charge in [-0.15, -0.1) is 0 Å². The lowest BCUT2D eigenvalue weighted by Gasteiger charge is -2.36. The Kier molecular flexibility index (Phi) is 5.20. The monoisotopic (exact) mass is 374 g/mol. The second-order valence-electron chi connectivity index (χ2n) is 6.42. The number of rotatable bonds is 5. The lowest BCUT2D eigenvalue weighted by atomic mass is 9.95. The molecule has 0 aromatic heterocycles. The molecule has 0 saturated carbocycles. The Morgan fingerprint density at radius 3 is 2.73 bits per heavy atom. The minimum atomic E-state index is 0.0480. The van der Waals surface area contributed by atoms with E-state index in [1.165, 1.54) is 0 Å². The molecule has 1 fully saturated rings. The van der Waals surface area contributed by atoms with Gasteiger partial charge in [-0.3, -0.25) is 4.90 Å². The van der Waals surface area contributed by atoms with Gasteiger partial charge < -0.3 is 19.5 Å². The van der Waals surface area contributed by atoms with Crippen molar-refractivity contribution in [2.24, 2.45) is 0 Å². The number of piperazine rings is 1. The minimum Gasteiger partial charge on any atom is -0.494 e. The topological polar surface area (TPSA) is 43.0 Å². The average molecular weight is 375 g/mol. The maximum absolute atomic E-state index is 6.35. The quantitative estimate of drug-likeness (QED) is 0.868. The molecular weight excluding hydrogens is 352 g/mol. The van der Waals surface area contributed by atoms with E-state index in [0.29, 0.717) is 11.6 Å². The third-order valence-electron chi connectivity index (χ3n) is 4.80. The molecular formula is C20H23ClN2O3. The van der Waals surface area contributed by atoms with E-state index in [4.69, 9.17) is 25.8 Å². The van der Waals surface area contributed by atoms with Crippen LogP contribution >= 0.6 is 11.6 Å². The molecule has 0 bridgehead atoms. The molecule has 1 unspecified atom stereocenters. The lowest BCUT2D eigenvalue weighted by molar-refractivity contribution is 0.173. The molecule has 2 aliphatic rings. The second-order valence-corrected chi connectivity index (χ2v) is 6.85. The van der Waals surface area contributed by atoms with Crippen molar-refractivity contribution in [1.82, 2.24) is 10.2 Å². The number of benzene rings is 2. The van der Waals surface area contributed by atoms with Gasteiger partial charge in [-0.2, -0.15) is 0 Å². The number of nitrogens with one attached hydrogen (secondary N) is 1. The number of nitrogens with zero attached hydrogens (tertiary/aromatic N) is 1. The molecule has 0 spiro atoms. The number of halogens is 1. The third kappa shape index (κ3) is 3.47. The third-order valence-corrected chi connectivity index (χ3v) is 5.03. The molecule has 26 heavy (non-hydrogen) atoms. The standard InChI is InChI=1S/C20H23ClN2O3/c1-2-24-17-6-4-15(21)12-16(17)20(23-9-7-22-8-10-23)14-3-5-18-19(11-14)26-13-25-18/h3-6,11-12,20,22H,2,7-10,13H2,1H3. The number of hydrogen-bond donors (Lipinski definition) is 1. The van der Waals surface area contributed by atoms with Crippen LogP contribution in [-0.4, -0.2) is 44.5 Å². The highest BCUT2D eigenvalue weighted by molar-refractivity contribution is 6.30. The van der Waals surface area contributed by atoms with E-state index in [1.807, 2.05) is 31.2 Å². The zero-order valence-corrected chi connectivity index (χ0v) is 15.6. The van der Waals surface area contributed by atoms with Crippen molar-refractivity contribution in [3.8, 4) is 17.2 Å². The Morgan fingerprint density at radius 1 is 1.12 bits per heavy atom. The molecule has 1 atom stereocenters. The highest BCUT2D eigenvalue weighted by Gasteiger charge is 2.28. The van der Waals surface area contributed by atoms with Gasteiger partial charge in [0.25, 0.3) is 0 Å². The summed E-state index contributed by atoms with van der Waals surface area (Å²) >= 11 is 6.35. The van der Waals surface area contributed by atoms with Crippen LogP contribution in [0.4, 0.5) is 0 Å². The molecule has 0 radical (unpaired) electrons. The maximum Gasteiger partial charge on any atom is 0.231 e. The van der Waals surface area contributed by atoms with Crippen molar-refractivity contribution in [2.45, 2.75) is 13.0 Å². The molecule has 2 heterocycles. The van der Waals surface area contributed by atoms with Gasteiger partial charge in [0.05, 0.1) is 12.6 Å². The number of hydrogen-bond acceptors (Lipinski definition) is 5. The predicted molar refractivity (Wildman–Crippen MR) is 101 cm³/mol. The van der Waals surface area contributed by atoms with Gasteiger partial charge in [0.2, 0.25) is 6.79 Å². The van der Waals surface area contributed by atoms with E-state index in [2.05, 4.69) is 22.3 Å². The summed E-state index contributed by atoms with van der Waals surface area (Å²) in [5.41, 5.74) is 2.24. The zero-order chi connectivity index (χ0) is 17.9. The van der Waals surface area contributed by atoms with Gasteiger partial charge in [0.1, 0.15) is 5.75 Å². The van der Waals surface area contributed by atoms with Crippen LogP contribution in [-0.2, 0) is 0 Å². The maximum atomic E-state index is 6.35. The van der Waals surface area contributed by atoms with Crippen LogP contribution in [0.15, 0.2) is 36.4 Å².